The van der Waals surface area contributed by atoms with Gasteiger partial charge in [0.25, 0.3) is 0 Å². The summed E-state index contributed by atoms with van der Waals surface area (Å²) in [6.07, 6.45) is 2.71. The minimum Gasteiger partial charge on any atom is -0.496 e. The van der Waals surface area contributed by atoms with Gasteiger partial charge in [-0.3, -0.25) is 0 Å². The smallest absolute Gasteiger partial charge is 0.122 e. The van der Waals surface area contributed by atoms with Gasteiger partial charge in [-0.05, 0) is 18.9 Å². The first-order valence-electron chi connectivity index (χ1n) is 7.21. The van der Waals surface area contributed by atoms with Crippen molar-refractivity contribution in [2.45, 2.75) is 38.1 Å². The van der Waals surface area contributed by atoms with E-state index in [1.165, 1.54) is 18.4 Å². The highest BCUT2D eigenvalue weighted by Gasteiger charge is 2.24. The normalized spacial score (nSPS) is 15.5. The van der Waals surface area contributed by atoms with Crippen LogP contribution in [0.2, 0.25) is 0 Å². The number of rotatable bonds is 8. The summed E-state index contributed by atoms with van der Waals surface area (Å²) in [5.74, 6) is 0.977. The molecule has 0 atom stereocenters. The van der Waals surface area contributed by atoms with Gasteiger partial charge in [0, 0.05) is 36.7 Å². The molecule has 0 saturated heterocycles. The number of benzene rings is 1. The van der Waals surface area contributed by atoms with E-state index in [1.54, 1.807) is 7.11 Å². The van der Waals surface area contributed by atoms with Crippen molar-refractivity contribution in [1.82, 2.24) is 10.6 Å². The maximum atomic E-state index is 5.46. The quantitative estimate of drug-likeness (QED) is 0.705. The van der Waals surface area contributed by atoms with Crippen molar-refractivity contribution >= 4 is 0 Å². The molecule has 1 saturated carbocycles. The van der Waals surface area contributed by atoms with Crippen LogP contribution in [-0.4, -0.2) is 32.8 Å². The van der Waals surface area contributed by atoms with E-state index in [0.29, 0.717) is 0 Å². The van der Waals surface area contributed by atoms with E-state index in [9.17, 15) is 0 Å². The van der Waals surface area contributed by atoms with Crippen LogP contribution in [0.4, 0.5) is 0 Å². The van der Waals surface area contributed by atoms with Gasteiger partial charge in [-0.1, -0.05) is 32.0 Å². The van der Waals surface area contributed by atoms with Crippen LogP contribution < -0.4 is 15.4 Å². The zero-order chi connectivity index (χ0) is 13.7. The first-order chi connectivity index (χ1) is 9.13. The molecule has 0 unspecified atom stereocenters. The molecule has 0 bridgehead atoms. The fourth-order valence-electron chi connectivity index (χ4n) is 2.35. The highest BCUT2D eigenvalue weighted by Crippen LogP contribution is 2.30. The summed E-state index contributed by atoms with van der Waals surface area (Å²) in [5, 5.41) is 7.06. The Labute approximate surface area is 116 Å². The number of nitrogens with one attached hydrogen (secondary N) is 2. The Morgan fingerprint density at radius 3 is 2.63 bits per heavy atom. The topological polar surface area (TPSA) is 33.3 Å². The Balaban J connectivity index is 1.82. The van der Waals surface area contributed by atoms with Gasteiger partial charge in [0.15, 0.2) is 0 Å². The number of ether oxygens (including phenoxy) is 1. The Bertz CT molecular complexity index is 399. The van der Waals surface area contributed by atoms with Crippen LogP contribution in [0, 0.1) is 0 Å². The number of methoxy groups -OCH3 is 1. The number of hydrogen-bond acceptors (Lipinski definition) is 3. The third-order valence-electron chi connectivity index (χ3n) is 3.72. The van der Waals surface area contributed by atoms with Gasteiger partial charge in [-0.2, -0.15) is 0 Å². The average molecular weight is 262 g/mol. The zero-order valence-electron chi connectivity index (χ0n) is 12.3. The van der Waals surface area contributed by atoms with Gasteiger partial charge < -0.3 is 15.4 Å². The Morgan fingerprint density at radius 1 is 1.21 bits per heavy atom. The predicted octanol–water partition coefficient (Wildman–Crippen LogP) is 2.31. The minimum absolute atomic E-state index is 0.0756. The third-order valence-corrected chi connectivity index (χ3v) is 3.72. The lowest BCUT2D eigenvalue weighted by Gasteiger charge is -2.27. The van der Waals surface area contributed by atoms with E-state index < -0.39 is 0 Å². The monoisotopic (exact) mass is 262 g/mol. The molecule has 19 heavy (non-hydrogen) atoms. The lowest BCUT2D eigenvalue weighted by atomic mass is 9.84. The summed E-state index contributed by atoms with van der Waals surface area (Å²) in [4.78, 5) is 0. The van der Waals surface area contributed by atoms with Crippen molar-refractivity contribution < 1.29 is 4.74 Å². The summed E-state index contributed by atoms with van der Waals surface area (Å²) in [6, 6.07) is 9.08. The molecule has 3 nitrogen and oxygen atoms in total. The fourth-order valence-corrected chi connectivity index (χ4v) is 2.35. The fraction of sp³-hybridized carbons (Fsp3) is 0.625. The molecule has 3 heteroatoms. The van der Waals surface area contributed by atoms with E-state index >= 15 is 0 Å². The van der Waals surface area contributed by atoms with Crippen LogP contribution in [0.15, 0.2) is 24.3 Å². The van der Waals surface area contributed by atoms with Crippen molar-refractivity contribution in [3.05, 3.63) is 29.8 Å². The van der Waals surface area contributed by atoms with Gasteiger partial charge in [0.05, 0.1) is 7.11 Å². The maximum Gasteiger partial charge on any atom is 0.122 e. The van der Waals surface area contributed by atoms with E-state index in [1.807, 2.05) is 12.1 Å². The van der Waals surface area contributed by atoms with Crippen LogP contribution in [0.25, 0.3) is 0 Å². The van der Waals surface area contributed by atoms with Crippen LogP contribution in [0.3, 0.4) is 0 Å². The maximum absolute atomic E-state index is 5.46. The van der Waals surface area contributed by atoms with E-state index in [0.717, 1.165) is 31.4 Å². The summed E-state index contributed by atoms with van der Waals surface area (Å²) in [7, 11) is 1.74. The molecular weight excluding hydrogens is 236 g/mol. The summed E-state index contributed by atoms with van der Waals surface area (Å²) in [6.45, 7) is 7.56. The van der Waals surface area contributed by atoms with Crippen LogP contribution >= 0.6 is 0 Å². The van der Waals surface area contributed by atoms with Gasteiger partial charge in [0.2, 0.25) is 0 Å². The standard InChI is InChI=1S/C16H26N2O/c1-16(2,12-17-10-11-18-13-8-9-13)14-6-4-5-7-15(14)19-3/h4-7,13,17-18H,8-12H2,1-3H3. The SMILES string of the molecule is COc1ccccc1C(C)(C)CNCCNC1CC1. The van der Waals surface area contributed by atoms with Crippen LogP contribution in [0.1, 0.15) is 32.3 Å². The molecule has 2 rings (SSSR count). The van der Waals surface area contributed by atoms with Crippen LogP contribution in [-0.2, 0) is 5.41 Å². The van der Waals surface area contributed by atoms with Crippen molar-refractivity contribution in [2.24, 2.45) is 0 Å². The molecule has 1 aliphatic carbocycles. The highest BCUT2D eigenvalue weighted by atomic mass is 16.5. The second-order valence-corrected chi connectivity index (χ2v) is 5.99. The van der Waals surface area contributed by atoms with Crippen molar-refractivity contribution in [2.75, 3.05) is 26.7 Å². The Hall–Kier alpha value is -1.06. The first-order valence-corrected chi connectivity index (χ1v) is 7.21. The molecular formula is C16H26N2O. The number of hydrogen-bond donors (Lipinski definition) is 2. The molecule has 1 aromatic rings. The van der Waals surface area contributed by atoms with Gasteiger partial charge in [-0.25, -0.2) is 0 Å². The molecule has 0 heterocycles. The Kier molecular flexibility index (Phi) is 4.83. The largest absolute Gasteiger partial charge is 0.496 e. The van der Waals surface area contributed by atoms with Gasteiger partial charge in [0.1, 0.15) is 5.75 Å². The first kappa shape index (κ1) is 14.4. The third kappa shape index (κ3) is 4.22. The molecule has 1 aromatic carbocycles. The predicted molar refractivity (Wildman–Crippen MR) is 79.9 cm³/mol. The summed E-state index contributed by atoms with van der Waals surface area (Å²) < 4.78 is 5.46. The van der Waals surface area contributed by atoms with Gasteiger partial charge >= 0.3 is 0 Å². The minimum atomic E-state index is 0.0756. The molecule has 1 aliphatic rings. The summed E-state index contributed by atoms with van der Waals surface area (Å²) >= 11 is 0. The van der Waals surface area contributed by atoms with Crippen LogP contribution in [0.5, 0.6) is 5.75 Å². The molecule has 0 amide bonds. The average Bonchev–Trinajstić information content (AvgIpc) is 3.22. The molecule has 0 aliphatic heterocycles. The zero-order valence-corrected chi connectivity index (χ0v) is 12.3. The van der Waals surface area contributed by atoms with Crippen molar-refractivity contribution in [1.29, 1.82) is 0 Å². The second-order valence-electron chi connectivity index (χ2n) is 5.99. The summed E-state index contributed by atoms with van der Waals surface area (Å²) in [5.41, 5.74) is 1.34. The van der Waals surface area contributed by atoms with Gasteiger partial charge in [-0.15, -0.1) is 0 Å². The van der Waals surface area contributed by atoms with Crippen molar-refractivity contribution in [3.8, 4) is 5.75 Å². The van der Waals surface area contributed by atoms with E-state index in [2.05, 4.69) is 36.6 Å². The van der Waals surface area contributed by atoms with E-state index in [4.69, 9.17) is 4.74 Å². The number of para-hydroxylation sites is 1. The molecule has 0 aromatic heterocycles. The highest BCUT2D eigenvalue weighted by molar-refractivity contribution is 5.39. The molecule has 0 radical (unpaired) electrons. The van der Waals surface area contributed by atoms with Crippen molar-refractivity contribution in [3.63, 3.8) is 0 Å². The molecule has 106 valence electrons. The lowest BCUT2D eigenvalue weighted by Crippen LogP contribution is -2.37. The molecule has 0 spiro atoms. The second kappa shape index (κ2) is 6.40. The molecule has 1 fully saturated rings. The lowest BCUT2D eigenvalue weighted by molar-refractivity contribution is 0.385. The van der Waals surface area contributed by atoms with E-state index in [-0.39, 0.29) is 5.41 Å². The Morgan fingerprint density at radius 2 is 1.95 bits per heavy atom. The molecule has 2 N–H and O–H groups in total.